The Kier molecular flexibility index (Phi) is 2.60. The van der Waals surface area contributed by atoms with Gasteiger partial charge >= 0.3 is 0 Å². The topological polar surface area (TPSA) is 60.8 Å². The number of nitrogens with zero attached hydrogens (tertiary/aromatic N) is 1. The summed E-state index contributed by atoms with van der Waals surface area (Å²) >= 11 is 0. The van der Waals surface area contributed by atoms with Gasteiger partial charge in [0.1, 0.15) is 5.75 Å². The molecule has 2 rings (SSSR count). The fourth-order valence-corrected chi connectivity index (χ4v) is 1.71. The second-order valence-electron chi connectivity index (χ2n) is 3.74. The van der Waals surface area contributed by atoms with E-state index in [9.17, 15) is 9.90 Å². The molecule has 1 aliphatic rings. The highest BCUT2D eigenvalue weighted by Gasteiger charge is 2.25. The van der Waals surface area contributed by atoms with Crippen molar-refractivity contribution in [3.05, 3.63) is 29.8 Å². The summed E-state index contributed by atoms with van der Waals surface area (Å²) in [6, 6.07) is 6.14. The molecule has 0 spiro atoms. The maximum Gasteiger partial charge on any atom is 0.253 e. The number of aliphatic hydroxyl groups is 1. The maximum atomic E-state index is 11.8. The predicted octanol–water partition coefficient (Wildman–Crippen LogP) is 0.599. The van der Waals surface area contributed by atoms with E-state index in [2.05, 4.69) is 0 Å². The number of phenols is 1. The van der Waals surface area contributed by atoms with Gasteiger partial charge in [0.05, 0.1) is 6.10 Å². The van der Waals surface area contributed by atoms with Crippen molar-refractivity contribution in [3.63, 3.8) is 0 Å². The van der Waals surface area contributed by atoms with Gasteiger partial charge in [-0.3, -0.25) is 4.79 Å². The predicted molar refractivity (Wildman–Crippen MR) is 54.6 cm³/mol. The lowest BCUT2D eigenvalue weighted by Gasteiger charge is -2.15. The zero-order valence-corrected chi connectivity index (χ0v) is 8.26. The number of carbonyl (C=O) groups excluding carboxylic acids is 1. The molecule has 2 N–H and O–H groups in total. The van der Waals surface area contributed by atoms with Gasteiger partial charge in [0.2, 0.25) is 0 Å². The molecule has 4 heteroatoms. The standard InChI is InChI=1S/C11H13NO3/c13-9-3-1-8(2-4-9)11(15)12-6-5-10(14)7-12/h1-4,10,13-14H,5-7H2/t10-/m1/s1. The molecule has 0 radical (unpaired) electrons. The molecular weight excluding hydrogens is 194 g/mol. The van der Waals surface area contributed by atoms with Crippen LogP contribution in [0, 0.1) is 0 Å². The summed E-state index contributed by atoms with van der Waals surface area (Å²) in [6.45, 7) is 1.00. The Hall–Kier alpha value is -1.55. The van der Waals surface area contributed by atoms with Crippen LogP contribution in [0.3, 0.4) is 0 Å². The number of β-amino-alcohol motifs (C(OH)–C–C–N with tert-alkyl or cyclic N) is 1. The van der Waals surface area contributed by atoms with Crippen molar-refractivity contribution < 1.29 is 15.0 Å². The van der Waals surface area contributed by atoms with Crippen molar-refractivity contribution >= 4 is 5.91 Å². The molecular formula is C11H13NO3. The lowest BCUT2D eigenvalue weighted by molar-refractivity contribution is 0.0765. The van der Waals surface area contributed by atoms with Crippen LogP contribution in [0.1, 0.15) is 16.8 Å². The molecule has 1 heterocycles. The molecule has 0 aromatic heterocycles. The summed E-state index contributed by atoms with van der Waals surface area (Å²) in [7, 11) is 0. The molecule has 1 aromatic rings. The molecule has 15 heavy (non-hydrogen) atoms. The molecule has 1 amide bonds. The number of aromatic hydroxyl groups is 1. The van der Waals surface area contributed by atoms with Crippen LogP contribution in [-0.4, -0.2) is 40.2 Å². The molecule has 1 fully saturated rings. The Labute approximate surface area is 87.8 Å². The molecule has 0 aliphatic carbocycles. The summed E-state index contributed by atoms with van der Waals surface area (Å²) < 4.78 is 0. The van der Waals surface area contributed by atoms with Crippen molar-refractivity contribution in [2.75, 3.05) is 13.1 Å². The Balaban J connectivity index is 2.11. The van der Waals surface area contributed by atoms with E-state index in [0.717, 1.165) is 0 Å². The number of hydrogen-bond acceptors (Lipinski definition) is 3. The number of carbonyl (C=O) groups is 1. The fourth-order valence-electron chi connectivity index (χ4n) is 1.71. The molecule has 4 nitrogen and oxygen atoms in total. The van der Waals surface area contributed by atoms with Gasteiger partial charge in [-0.2, -0.15) is 0 Å². The van der Waals surface area contributed by atoms with Gasteiger partial charge in [-0.15, -0.1) is 0 Å². The van der Waals surface area contributed by atoms with Crippen molar-refractivity contribution in [2.24, 2.45) is 0 Å². The highest BCUT2D eigenvalue weighted by Crippen LogP contribution is 2.15. The Bertz CT molecular complexity index is 361. The summed E-state index contributed by atoms with van der Waals surface area (Å²) in [6.07, 6.45) is 0.246. The molecule has 0 bridgehead atoms. The normalized spacial score (nSPS) is 20.6. The zero-order chi connectivity index (χ0) is 10.8. The second kappa shape index (κ2) is 3.90. The van der Waals surface area contributed by atoms with Gasteiger partial charge in [0.15, 0.2) is 0 Å². The monoisotopic (exact) mass is 207 g/mol. The average Bonchev–Trinajstić information content (AvgIpc) is 2.65. The van der Waals surface area contributed by atoms with E-state index >= 15 is 0 Å². The van der Waals surface area contributed by atoms with Crippen LogP contribution < -0.4 is 0 Å². The Morgan fingerprint density at radius 2 is 2.00 bits per heavy atom. The molecule has 0 unspecified atom stereocenters. The van der Waals surface area contributed by atoms with Crippen molar-refractivity contribution in [1.82, 2.24) is 4.90 Å². The van der Waals surface area contributed by atoms with Gasteiger partial charge in [-0.1, -0.05) is 0 Å². The molecule has 1 atom stereocenters. The number of hydrogen-bond donors (Lipinski definition) is 2. The van der Waals surface area contributed by atoms with Crippen molar-refractivity contribution in [1.29, 1.82) is 0 Å². The fraction of sp³-hybridized carbons (Fsp3) is 0.364. The van der Waals surface area contributed by atoms with E-state index < -0.39 is 6.10 Å². The van der Waals surface area contributed by atoms with Gasteiger partial charge < -0.3 is 15.1 Å². The minimum atomic E-state index is -0.397. The third kappa shape index (κ3) is 2.10. The largest absolute Gasteiger partial charge is 0.508 e. The summed E-state index contributed by atoms with van der Waals surface area (Å²) in [5.41, 5.74) is 0.543. The maximum absolute atomic E-state index is 11.8. The van der Waals surface area contributed by atoms with E-state index in [0.29, 0.717) is 25.1 Å². The van der Waals surface area contributed by atoms with E-state index in [4.69, 9.17) is 5.11 Å². The van der Waals surface area contributed by atoms with E-state index in [1.807, 2.05) is 0 Å². The minimum absolute atomic E-state index is 0.0912. The van der Waals surface area contributed by atoms with Gasteiger partial charge in [-0.25, -0.2) is 0 Å². The van der Waals surface area contributed by atoms with E-state index in [1.54, 1.807) is 17.0 Å². The first-order valence-corrected chi connectivity index (χ1v) is 4.93. The van der Waals surface area contributed by atoms with E-state index in [1.165, 1.54) is 12.1 Å². The van der Waals surface area contributed by atoms with Gasteiger partial charge in [-0.05, 0) is 30.7 Å². The lowest BCUT2D eigenvalue weighted by Crippen LogP contribution is -2.29. The smallest absolute Gasteiger partial charge is 0.253 e. The van der Waals surface area contributed by atoms with Gasteiger partial charge in [0.25, 0.3) is 5.91 Å². The minimum Gasteiger partial charge on any atom is -0.508 e. The van der Waals surface area contributed by atoms with Crippen LogP contribution >= 0.6 is 0 Å². The number of likely N-dealkylation sites (tertiary alicyclic amines) is 1. The summed E-state index contributed by atoms with van der Waals surface area (Å²) in [4.78, 5) is 13.5. The molecule has 1 aromatic carbocycles. The number of phenolic OH excluding ortho intramolecular Hbond substituents is 1. The number of amides is 1. The van der Waals surface area contributed by atoms with E-state index in [-0.39, 0.29) is 11.7 Å². The third-order valence-electron chi connectivity index (χ3n) is 2.56. The third-order valence-corrected chi connectivity index (χ3v) is 2.56. The SMILES string of the molecule is O=C(c1ccc(O)cc1)N1CC[C@@H](O)C1. The van der Waals surface area contributed by atoms with Crippen LogP contribution in [0.15, 0.2) is 24.3 Å². The Morgan fingerprint density at radius 3 is 2.53 bits per heavy atom. The second-order valence-corrected chi connectivity index (χ2v) is 3.74. The van der Waals surface area contributed by atoms with Gasteiger partial charge in [0, 0.05) is 18.7 Å². The van der Waals surface area contributed by atoms with Crippen LogP contribution in [0.4, 0.5) is 0 Å². The quantitative estimate of drug-likeness (QED) is 0.709. The first kappa shape index (κ1) is 9.98. The zero-order valence-electron chi connectivity index (χ0n) is 8.26. The van der Waals surface area contributed by atoms with Crippen LogP contribution in [0.5, 0.6) is 5.75 Å². The molecule has 1 saturated heterocycles. The first-order chi connectivity index (χ1) is 7.16. The Morgan fingerprint density at radius 1 is 1.33 bits per heavy atom. The first-order valence-electron chi connectivity index (χ1n) is 4.93. The molecule has 80 valence electrons. The van der Waals surface area contributed by atoms with Crippen molar-refractivity contribution in [2.45, 2.75) is 12.5 Å². The van der Waals surface area contributed by atoms with Crippen LogP contribution in [-0.2, 0) is 0 Å². The number of rotatable bonds is 1. The van der Waals surface area contributed by atoms with Crippen LogP contribution in [0.25, 0.3) is 0 Å². The lowest BCUT2D eigenvalue weighted by atomic mass is 10.2. The molecule has 1 aliphatic heterocycles. The van der Waals surface area contributed by atoms with Crippen molar-refractivity contribution in [3.8, 4) is 5.75 Å². The summed E-state index contributed by atoms with van der Waals surface area (Å²) in [5, 5.41) is 18.4. The summed E-state index contributed by atoms with van der Waals surface area (Å²) in [5.74, 6) is 0.0551. The highest BCUT2D eigenvalue weighted by molar-refractivity contribution is 5.94. The molecule has 0 saturated carbocycles. The van der Waals surface area contributed by atoms with Crippen LogP contribution in [0.2, 0.25) is 0 Å². The average molecular weight is 207 g/mol. The number of benzene rings is 1. The highest BCUT2D eigenvalue weighted by atomic mass is 16.3. The number of aliphatic hydroxyl groups excluding tert-OH is 1.